The first-order valence-corrected chi connectivity index (χ1v) is 6.51. The van der Waals surface area contributed by atoms with E-state index in [1.165, 1.54) is 14.2 Å². The second-order valence-corrected chi connectivity index (χ2v) is 4.19. The van der Waals surface area contributed by atoms with Crippen LogP contribution in [0.1, 0.15) is 12.8 Å². The number of nitrogens with one attached hydrogen (secondary N) is 3. The molecule has 0 aliphatic rings. The zero-order valence-corrected chi connectivity index (χ0v) is 12.3. The second kappa shape index (κ2) is 11.9. The van der Waals surface area contributed by atoms with Crippen LogP contribution in [0.2, 0.25) is 0 Å². The molecular weight excluding hydrogens is 282 g/mol. The first-order valence-electron chi connectivity index (χ1n) is 6.51. The summed E-state index contributed by atoms with van der Waals surface area (Å²) in [6.45, 7) is 1.11. The summed E-state index contributed by atoms with van der Waals surface area (Å²) in [4.78, 5) is 33.2. The fourth-order valence-electron chi connectivity index (χ4n) is 1.37. The Morgan fingerprint density at radius 1 is 1.10 bits per heavy atom. The SMILES string of the molecule is COCCNC(=O)CCNC(=O)NCC(CC(=O)O)OC. The number of amides is 3. The average Bonchev–Trinajstić information content (AvgIpc) is 2.43. The van der Waals surface area contributed by atoms with Gasteiger partial charge < -0.3 is 30.5 Å². The van der Waals surface area contributed by atoms with E-state index in [1.807, 2.05) is 0 Å². The van der Waals surface area contributed by atoms with E-state index in [0.29, 0.717) is 13.2 Å². The third-order valence-corrected chi connectivity index (χ3v) is 2.49. The van der Waals surface area contributed by atoms with Crippen LogP contribution in [-0.4, -0.2) is 69.6 Å². The van der Waals surface area contributed by atoms with Gasteiger partial charge in [0.1, 0.15) is 0 Å². The fraction of sp³-hybridized carbons (Fsp3) is 0.750. The molecule has 0 aliphatic heterocycles. The summed E-state index contributed by atoms with van der Waals surface area (Å²) < 4.78 is 9.69. The van der Waals surface area contributed by atoms with Gasteiger partial charge >= 0.3 is 12.0 Å². The van der Waals surface area contributed by atoms with Crippen LogP contribution in [-0.2, 0) is 19.1 Å². The lowest BCUT2D eigenvalue weighted by Gasteiger charge is -2.14. The van der Waals surface area contributed by atoms with E-state index >= 15 is 0 Å². The van der Waals surface area contributed by atoms with Crippen molar-refractivity contribution in [2.75, 3.05) is 40.5 Å². The van der Waals surface area contributed by atoms with Crippen molar-refractivity contribution in [3.8, 4) is 0 Å². The maximum Gasteiger partial charge on any atom is 0.314 e. The van der Waals surface area contributed by atoms with Crippen LogP contribution in [0, 0.1) is 0 Å². The highest BCUT2D eigenvalue weighted by Crippen LogP contribution is 1.95. The Bertz CT molecular complexity index is 337. The van der Waals surface area contributed by atoms with Gasteiger partial charge in [-0.2, -0.15) is 0 Å². The number of methoxy groups -OCH3 is 2. The molecule has 9 heteroatoms. The lowest BCUT2D eigenvalue weighted by molar-refractivity contribution is -0.139. The zero-order valence-electron chi connectivity index (χ0n) is 12.3. The first kappa shape index (κ1) is 19.1. The topological polar surface area (TPSA) is 126 Å². The van der Waals surface area contributed by atoms with Gasteiger partial charge in [0.15, 0.2) is 0 Å². The molecule has 0 aromatic rings. The molecule has 0 fully saturated rings. The Labute approximate surface area is 123 Å². The van der Waals surface area contributed by atoms with Gasteiger partial charge in [-0.15, -0.1) is 0 Å². The highest BCUT2D eigenvalue weighted by molar-refractivity contribution is 5.78. The van der Waals surface area contributed by atoms with Gasteiger partial charge in [0.05, 0.1) is 19.1 Å². The van der Waals surface area contributed by atoms with Crippen molar-refractivity contribution in [1.29, 1.82) is 0 Å². The van der Waals surface area contributed by atoms with Gasteiger partial charge in [-0.3, -0.25) is 9.59 Å². The summed E-state index contributed by atoms with van der Waals surface area (Å²) in [6.07, 6.45) is -0.635. The quantitative estimate of drug-likeness (QED) is 0.360. The molecule has 0 aromatic heterocycles. The smallest absolute Gasteiger partial charge is 0.314 e. The molecule has 0 rings (SSSR count). The van der Waals surface area contributed by atoms with Crippen LogP contribution in [0.4, 0.5) is 4.79 Å². The second-order valence-electron chi connectivity index (χ2n) is 4.19. The van der Waals surface area contributed by atoms with E-state index < -0.39 is 18.1 Å². The Balaban J connectivity index is 3.70. The number of carboxylic acid groups (broad SMARTS) is 1. The number of hydrogen-bond donors (Lipinski definition) is 4. The molecule has 0 radical (unpaired) electrons. The van der Waals surface area contributed by atoms with Gasteiger partial charge in [-0.25, -0.2) is 4.79 Å². The minimum absolute atomic E-state index is 0.0780. The van der Waals surface area contributed by atoms with Crippen LogP contribution in [0.15, 0.2) is 0 Å². The van der Waals surface area contributed by atoms with Crippen LogP contribution >= 0.6 is 0 Å². The molecule has 0 aromatic carbocycles. The minimum atomic E-state index is -1.00. The van der Waals surface area contributed by atoms with Crippen LogP contribution in [0.25, 0.3) is 0 Å². The molecule has 0 spiro atoms. The molecule has 1 atom stereocenters. The van der Waals surface area contributed by atoms with Gasteiger partial charge in [0.25, 0.3) is 0 Å². The number of carbonyl (C=O) groups is 3. The van der Waals surface area contributed by atoms with Crippen molar-refractivity contribution in [3.63, 3.8) is 0 Å². The summed E-state index contributed by atoms with van der Waals surface area (Å²) >= 11 is 0. The van der Waals surface area contributed by atoms with E-state index in [-0.39, 0.29) is 31.8 Å². The third kappa shape index (κ3) is 11.6. The summed E-state index contributed by atoms with van der Waals surface area (Å²) in [7, 11) is 2.91. The number of urea groups is 1. The summed E-state index contributed by atoms with van der Waals surface area (Å²) in [6, 6.07) is -0.480. The molecule has 4 N–H and O–H groups in total. The normalized spacial score (nSPS) is 11.5. The predicted molar refractivity (Wildman–Crippen MR) is 74.0 cm³/mol. The highest BCUT2D eigenvalue weighted by Gasteiger charge is 2.13. The average molecular weight is 305 g/mol. The lowest BCUT2D eigenvalue weighted by atomic mass is 10.2. The van der Waals surface area contributed by atoms with E-state index in [9.17, 15) is 14.4 Å². The Morgan fingerprint density at radius 2 is 1.81 bits per heavy atom. The van der Waals surface area contributed by atoms with Gasteiger partial charge in [0.2, 0.25) is 5.91 Å². The van der Waals surface area contributed by atoms with E-state index in [4.69, 9.17) is 14.6 Å². The van der Waals surface area contributed by atoms with Crippen molar-refractivity contribution in [3.05, 3.63) is 0 Å². The molecule has 9 nitrogen and oxygen atoms in total. The van der Waals surface area contributed by atoms with Crippen molar-refractivity contribution in [2.24, 2.45) is 0 Å². The van der Waals surface area contributed by atoms with Crippen molar-refractivity contribution in [1.82, 2.24) is 16.0 Å². The van der Waals surface area contributed by atoms with Crippen molar-refractivity contribution in [2.45, 2.75) is 18.9 Å². The number of ether oxygens (including phenoxy) is 2. The summed E-state index contributed by atoms with van der Waals surface area (Å²) in [5.41, 5.74) is 0. The Hall–Kier alpha value is -1.87. The molecule has 0 saturated carbocycles. The van der Waals surface area contributed by atoms with E-state index in [2.05, 4.69) is 16.0 Å². The Kier molecular flexibility index (Phi) is 10.9. The molecule has 0 aliphatic carbocycles. The van der Waals surface area contributed by atoms with Crippen LogP contribution in [0.3, 0.4) is 0 Å². The van der Waals surface area contributed by atoms with Gasteiger partial charge in [0, 0.05) is 40.3 Å². The van der Waals surface area contributed by atoms with E-state index in [0.717, 1.165) is 0 Å². The maximum absolute atomic E-state index is 11.4. The molecular formula is C12H23N3O6. The molecule has 0 saturated heterocycles. The molecule has 21 heavy (non-hydrogen) atoms. The van der Waals surface area contributed by atoms with Crippen LogP contribution in [0.5, 0.6) is 0 Å². The largest absolute Gasteiger partial charge is 0.481 e. The monoisotopic (exact) mass is 305 g/mol. The van der Waals surface area contributed by atoms with Gasteiger partial charge in [-0.05, 0) is 0 Å². The minimum Gasteiger partial charge on any atom is -0.481 e. The Morgan fingerprint density at radius 3 is 2.38 bits per heavy atom. The lowest BCUT2D eigenvalue weighted by Crippen LogP contribution is -2.42. The van der Waals surface area contributed by atoms with Gasteiger partial charge in [-0.1, -0.05) is 0 Å². The standard InChI is InChI=1S/C12H23N3O6/c1-20-6-5-13-10(16)3-4-14-12(19)15-8-9(21-2)7-11(17)18/h9H,3-8H2,1-2H3,(H,13,16)(H,17,18)(H2,14,15,19). The zero-order chi connectivity index (χ0) is 16.1. The number of aliphatic carboxylic acids is 1. The number of carboxylic acids is 1. The third-order valence-electron chi connectivity index (χ3n) is 2.49. The molecule has 0 heterocycles. The van der Waals surface area contributed by atoms with Crippen LogP contribution < -0.4 is 16.0 Å². The number of rotatable bonds is 11. The first-order chi connectivity index (χ1) is 9.99. The molecule has 0 bridgehead atoms. The van der Waals surface area contributed by atoms with Crippen molar-refractivity contribution < 1.29 is 29.0 Å². The highest BCUT2D eigenvalue weighted by atomic mass is 16.5. The summed E-state index contributed by atoms with van der Waals surface area (Å²) in [5, 5.41) is 16.2. The van der Waals surface area contributed by atoms with E-state index in [1.54, 1.807) is 0 Å². The predicted octanol–water partition coefficient (Wildman–Crippen LogP) is -1.07. The molecule has 1 unspecified atom stereocenters. The van der Waals surface area contributed by atoms with Crippen molar-refractivity contribution >= 4 is 17.9 Å². The summed E-state index contributed by atoms with van der Waals surface area (Å²) in [5.74, 6) is -1.19. The maximum atomic E-state index is 11.4. The molecule has 122 valence electrons. The fourth-order valence-corrected chi connectivity index (χ4v) is 1.37. The number of hydrogen-bond acceptors (Lipinski definition) is 5. The number of carbonyl (C=O) groups excluding carboxylic acids is 2. The molecule has 3 amide bonds.